The Morgan fingerprint density at radius 2 is 1.88 bits per heavy atom. The van der Waals surface area contributed by atoms with Crippen LogP contribution in [0.5, 0.6) is 11.5 Å². The van der Waals surface area contributed by atoms with Crippen LogP contribution in [0.15, 0.2) is 73.4 Å². The van der Waals surface area contributed by atoms with Gasteiger partial charge in [-0.15, -0.1) is 0 Å². The summed E-state index contributed by atoms with van der Waals surface area (Å²) in [6.45, 7) is 1.84. The van der Waals surface area contributed by atoms with E-state index in [4.69, 9.17) is 14.5 Å². The van der Waals surface area contributed by atoms with Crippen LogP contribution in [-0.2, 0) is 4.79 Å². The minimum Gasteiger partial charge on any atom is -0.490 e. The first kappa shape index (κ1) is 29.9. The maximum atomic E-state index is 13.6. The van der Waals surface area contributed by atoms with Crippen molar-refractivity contribution in [3.05, 3.63) is 91.1 Å². The molecule has 1 aromatic heterocycles. The third-order valence-corrected chi connectivity index (χ3v) is 9.12. The number of carbonyl (C=O) groups excluding carboxylic acids is 1. The van der Waals surface area contributed by atoms with Gasteiger partial charge in [0.15, 0.2) is 18.1 Å². The van der Waals surface area contributed by atoms with E-state index in [0.717, 1.165) is 25.7 Å². The van der Waals surface area contributed by atoms with Crippen molar-refractivity contribution >= 4 is 60.6 Å². The summed E-state index contributed by atoms with van der Waals surface area (Å²) in [6, 6.07) is 14.7. The van der Waals surface area contributed by atoms with E-state index < -0.39 is 11.7 Å². The summed E-state index contributed by atoms with van der Waals surface area (Å²) < 4.78 is 27.7. The average molecular weight is 700 g/mol. The maximum Gasteiger partial charge on any atom is 0.282 e. The summed E-state index contributed by atoms with van der Waals surface area (Å²) in [5.41, 5.74) is 1.39. The molecule has 5 rings (SSSR count). The molecule has 1 saturated carbocycles. The molecule has 4 aromatic rings. The number of rotatable bonds is 9. The Balaban J connectivity index is 1.45. The lowest BCUT2D eigenvalue weighted by atomic mass is 9.88. The van der Waals surface area contributed by atoms with Crippen molar-refractivity contribution in [2.45, 2.75) is 44.9 Å². The van der Waals surface area contributed by atoms with Gasteiger partial charge >= 0.3 is 0 Å². The first-order valence-electron chi connectivity index (χ1n) is 13.7. The molecule has 218 valence electrons. The van der Waals surface area contributed by atoms with Crippen molar-refractivity contribution in [2.75, 3.05) is 18.5 Å². The van der Waals surface area contributed by atoms with Crippen molar-refractivity contribution in [3.8, 4) is 11.5 Å². The highest BCUT2D eigenvalue weighted by Crippen LogP contribution is 2.42. The lowest BCUT2D eigenvalue weighted by molar-refractivity contribution is -0.118. The fraction of sp³-hybridized carbons (Fsp3) is 0.290. The first-order valence-corrected chi connectivity index (χ1v) is 15.3. The predicted octanol–water partition coefficient (Wildman–Crippen LogP) is 7.41. The molecular formula is C31H29Br2FN4O4. The number of hydrogen-bond acceptors (Lipinski definition) is 6. The Morgan fingerprint density at radius 1 is 1.10 bits per heavy atom. The van der Waals surface area contributed by atoms with E-state index >= 15 is 0 Å². The SMILES string of the molecule is CCOc1cc(C=Nn2c(C3CCCCC3)nc3ccccc3c2=O)c(Br)c(Br)c1OCC(=O)Nc1cccc(F)c1. The maximum absolute atomic E-state index is 13.6. The van der Waals surface area contributed by atoms with Gasteiger partial charge in [0.2, 0.25) is 0 Å². The van der Waals surface area contributed by atoms with Crippen molar-refractivity contribution in [2.24, 2.45) is 5.10 Å². The normalized spacial score (nSPS) is 13.9. The number of carbonyl (C=O) groups is 1. The van der Waals surface area contributed by atoms with Gasteiger partial charge in [-0.2, -0.15) is 9.78 Å². The third-order valence-electron chi connectivity index (χ3n) is 6.97. The van der Waals surface area contributed by atoms with Crippen molar-refractivity contribution < 1.29 is 18.7 Å². The molecule has 0 bridgehead atoms. The van der Waals surface area contributed by atoms with Crippen molar-refractivity contribution in [3.63, 3.8) is 0 Å². The van der Waals surface area contributed by atoms with E-state index in [1.807, 2.05) is 25.1 Å². The van der Waals surface area contributed by atoms with E-state index in [9.17, 15) is 14.0 Å². The molecule has 1 aliphatic carbocycles. The molecule has 8 nitrogen and oxygen atoms in total. The molecule has 0 saturated heterocycles. The molecule has 3 aromatic carbocycles. The zero-order valence-electron chi connectivity index (χ0n) is 22.9. The van der Waals surface area contributed by atoms with Gasteiger partial charge < -0.3 is 14.8 Å². The van der Waals surface area contributed by atoms with E-state index in [-0.39, 0.29) is 18.1 Å². The van der Waals surface area contributed by atoms with Crippen molar-refractivity contribution in [1.29, 1.82) is 0 Å². The molecule has 0 atom stereocenters. The Labute approximate surface area is 259 Å². The van der Waals surface area contributed by atoms with Gasteiger partial charge in [-0.05, 0) is 88.0 Å². The molecule has 0 unspecified atom stereocenters. The Bertz CT molecular complexity index is 1700. The van der Waals surface area contributed by atoms with Crippen LogP contribution in [0.4, 0.5) is 10.1 Å². The number of para-hydroxylation sites is 1. The fourth-order valence-corrected chi connectivity index (χ4v) is 5.93. The third kappa shape index (κ3) is 6.73. The lowest BCUT2D eigenvalue weighted by Gasteiger charge is -2.22. The van der Waals surface area contributed by atoms with Crippen LogP contribution in [0.2, 0.25) is 0 Å². The highest BCUT2D eigenvalue weighted by Gasteiger charge is 2.23. The van der Waals surface area contributed by atoms with Crippen LogP contribution in [-0.4, -0.2) is 35.0 Å². The number of nitrogens with one attached hydrogen (secondary N) is 1. The van der Waals surface area contributed by atoms with Gasteiger partial charge in [0.25, 0.3) is 11.5 Å². The number of benzene rings is 3. The average Bonchev–Trinajstić information content (AvgIpc) is 2.99. The fourth-order valence-electron chi connectivity index (χ4n) is 4.99. The number of halogens is 3. The predicted molar refractivity (Wildman–Crippen MR) is 168 cm³/mol. The number of nitrogens with zero attached hydrogens (tertiary/aromatic N) is 3. The Hall–Kier alpha value is -3.57. The van der Waals surface area contributed by atoms with Crippen LogP contribution in [0.3, 0.4) is 0 Å². The molecule has 42 heavy (non-hydrogen) atoms. The van der Waals surface area contributed by atoms with Crippen LogP contribution < -0.4 is 20.3 Å². The second kappa shape index (κ2) is 13.6. The first-order chi connectivity index (χ1) is 20.4. The molecule has 1 fully saturated rings. The summed E-state index contributed by atoms with van der Waals surface area (Å²) in [4.78, 5) is 30.9. The molecular weight excluding hydrogens is 671 g/mol. The van der Waals surface area contributed by atoms with Gasteiger partial charge in [0.05, 0.1) is 28.2 Å². The summed E-state index contributed by atoms with van der Waals surface area (Å²) in [5, 5.41) is 7.75. The highest BCUT2D eigenvalue weighted by atomic mass is 79.9. The number of fused-ring (bicyclic) bond motifs is 1. The van der Waals surface area contributed by atoms with E-state index in [2.05, 4.69) is 42.3 Å². The molecule has 0 radical (unpaired) electrons. The highest BCUT2D eigenvalue weighted by molar-refractivity contribution is 9.13. The van der Waals surface area contributed by atoms with Crippen LogP contribution >= 0.6 is 31.9 Å². The Kier molecular flexibility index (Phi) is 9.69. The standard InChI is InChI=1S/C31H29Br2FN4O4/c1-2-41-25-15-20(27(32)28(33)29(25)42-18-26(39)36-22-12-8-11-21(34)16-22)17-35-38-30(19-9-4-3-5-10-19)37-24-14-7-6-13-23(24)31(38)40/h6-8,11-17,19H,2-5,9-10,18H2,1H3,(H,36,39). The number of anilines is 1. The molecule has 0 spiro atoms. The summed E-state index contributed by atoms with van der Waals surface area (Å²) in [6.07, 6.45) is 6.87. The second-order valence-corrected chi connectivity index (χ2v) is 11.5. The van der Waals surface area contributed by atoms with E-state index in [1.54, 1.807) is 24.4 Å². The summed E-state index contributed by atoms with van der Waals surface area (Å²) >= 11 is 7.15. The van der Waals surface area contributed by atoms with Gasteiger partial charge in [-0.25, -0.2) is 9.37 Å². The Morgan fingerprint density at radius 3 is 2.64 bits per heavy atom. The van der Waals surface area contributed by atoms with Gasteiger partial charge in [0.1, 0.15) is 11.6 Å². The lowest BCUT2D eigenvalue weighted by Crippen LogP contribution is -2.25. The summed E-state index contributed by atoms with van der Waals surface area (Å²) in [7, 11) is 0. The minimum atomic E-state index is -0.463. The van der Waals surface area contributed by atoms with E-state index in [0.29, 0.717) is 55.0 Å². The second-order valence-electron chi connectivity index (χ2n) is 9.88. The zero-order chi connectivity index (χ0) is 29.6. The van der Waals surface area contributed by atoms with Gasteiger partial charge in [-0.3, -0.25) is 9.59 Å². The number of hydrogen-bond donors (Lipinski definition) is 1. The number of aromatic nitrogens is 2. The molecule has 1 aliphatic rings. The zero-order valence-corrected chi connectivity index (χ0v) is 26.1. The minimum absolute atomic E-state index is 0.150. The van der Waals surface area contributed by atoms with Crippen LogP contribution in [0.25, 0.3) is 10.9 Å². The number of ether oxygens (including phenoxy) is 2. The largest absolute Gasteiger partial charge is 0.490 e. The smallest absolute Gasteiger partial charge is 0.282 e. The molecule has 1 heterocycles. The molecule has 0 aliphatic heterocycles. The van der Waals surface area contributed by atoms with Gasteiger partial charge in [-0.1, -0.05) is 37.5 Å². The molecule has 11 heteroatoms. The van der Waals surface area contributed by atoms with Crippen LogP contribution in [0, 0.1) is 5.82 Å². The summed E-state index contributed by atoms with van der Waals surface area (Å²) in [5.74, 6) is 0.585. The van der Waals surface area contributed by atoms with Crippen LogP contribution in [0.1, 0.15) is 56.3 Å². The van der Waals surface area contributed by atoms with Gasteiger partial charge in [0, 0.05) is 21.6 Å². The number of amides is 1. The van der Waals surface area contributed by atoms with E-state index in [1.165, 1.54) is 29.3 Å². The monoisotopic (exact) mass is 698 g/mol. The quantitative estimate of drug-likeness (QED) is 0.184. The van der Waals surface area contributed by atoms with Crippen molar-refractivity contribution in [1.82, 2.24) is 9.66 Å². The molecule has 1 amide bonds. The topological polar surface area (TPSA) is 94.8 Å². The molecule has 1 N–H and O–H groups in total.